The van der Waals surface area contributed by atoms with Crippen molar-refractivity contribution >= 4 is 16.8 Å². The molecule has 1 fully saturated rings. The van der Waals surface area contributed by atoms with Gasteiger partial charge in [-0.05, 0) is 43.6 Å². The highest BCUT2D eigenvalue weighted by atomic mass is 32.2. The Hall–Kier alpha value is -0.950. The maximum atomic E-state index is 11.5. The largest absolute Gasteiger partial charge is 0.324 e. The van der Waals surface area contributed by atoms with E-state index in [0.717, 1.165) is 37.2 Å². The lowest BCUT2D eigenvalue weighted by molar-refractivity contribution is 0.304. The molecule has 0 spiro atoms. The number of benzene rings is 1. The van der Waals surface area contributed by atoms with Crippen molar-refractivity contribution in [3.8, 4) is 0 Å². The zero-order chi connectivity index (χ0) is 12.3. The summed E-state index contributed by atoms with van der Waals surface area (Å²) >= 11 is -1.88. The Morgan fingerprint density at radius 1 is 1.29 bits per heavy atom. The summed E-state index contributed by atoms with van der Waals surface area (Å²) in [5, 5.41) is -0.427. The van der Waals surface area contributed by atoms with Crippen LogP contribution in [-0.2, 0) is 11.1 Å². The summed E-state index contributed by atoms with van der Waals surface area (Å²) in [5.41, 5.74) is 4.18. The Labute approximate surface area is 103 Å². The van der Waals surface area contributed by atoms with Crippen LogP contribution in [0.15, 0.2) is 24.3 Å². The summed E-state index contributed by atoms with van der Waals surface area (Å²) in [7, 11) is 0. The molecule has 6 heteroatoms. The Balaban J connectivity index is 2.22. The van der Waals surface area contributed by atoms with Crippen LogP contribution < -0.4 is 11.3 Å². The van der Waals surface area contributed by atoms with Crippen LogP contribution in [0.5, 0.6) is 0 Å². The van der Waals surface area contributed by atoms with E-state index in [0.29, 0.717) is 0 Å². The van der Waals surface area contributed by atoms with Gasteiger partial charge in [-0.2, -0.15) is 0 Å². The fourth-order valence-corrected chi connectivity index (χ4v) is 3.03. The number of hydrogen-bond donors (Lipinski definition) is 3. The highest BCUT2D eigenvalue weighted by molar-refractivity contribution is 7.79. The van der Waals surface area contributed by atoms with Gasteiger partial charge in [-0.15, -0.1) is 0 Å². The number of nitrogen functional groups attached to an aromatic ring is 1. The van der Waals surface area contributed by atoms with E-state index in [1.807, 2.05) is 24.3 Å². The first-order chi connectivity index (χ1) is 8.22. The predicted octanol–water partition coefficient (Wildman–Crippen LogP) is 1.29. The van der Waals surface area contributed by atoms with Crippen LogP contribution in [0.25, 0.3) is 0 Å². The van der Waals surface area contributed by atoms with Gasteiger partial charge in [0.1, 0.15) is 5.37 Å². The molecule has 0 aliphatic carbocycles. The summed E-state index contributed by atoms with van der Waals surface area (Å²) in [5.74, 6) is 5.29. The van der Waals surface area contributed by atoms with Crippen molar-refractivity contribution in [3.63, 3.8) is 0 Å². The molecule has 2 unspecified atom stereocenters. The van der Waals surface area contributed by atoms with Gasteiger partial charge < -0.3 is 9.98 Å². The molecule has 0 aromatic heterocycles. The normalized spacial score (nSPS) is 20.1. The zero-order valence-electron chi connectivity index (χ0n) is 9.50. The van der Waals surface area contributed by atoms with Crippen LogP contribution in [0.4, 0.5) is 5.69 Å². The summed E-state index contributed by atoms with van der Waals surface area (Å²) < 4.78 is 20.9. The molecule has 1 aromatic carbocycles. The number of nitrogens with two attached hydrogens (primary N) is 1. The molecule has 0 bridgehead atoms. The summed E-state index contributed by atoms with van der Waals surface area (Å²) in [6.45, 7) is 1.77. The summed E-state index contributed by atoms with van der Waals surface area (Å²) in [6, 6.07) is 7.30. The van der Waals surface area contributed by atoms with Crippen LogP contribution in [0.3, 0.4) is 0 Å². The number of nitrogens with one attached hydrogen (secondary N) is 1. The quantitative estimate of drug-likeness (QED) is 0.429. The molecule has 4 N–H and O–H groups in total. The minimum absolute atomic E-state index is 0.427. The van der Waals surface area contributed by atoms with Gasteiger partial charge in [0.25, 0.3) is 0 Å². The molecular formula is C11H17N3O2S. The Morgan fingerprint density at radius 2 is 1.88 bits per heavy atom. The van der Waals surface area contributed by atoms with Gasteiger partial charge in [0.2, 0.25) is 0 Å². The predicted molar refractivity (Wildman–Crippen MR) is 68.6 cm³/mol. The number of likely N-dealkylation sites (tertiary alicyclic amines) is 1. The average Bonchev–Trinajstić information content (AvgIpc) is 2.83. The van der Waals surface area contributed by atoms with Gasteiger partial charge in [0, 0.05) is 5.69 Å². The van der Waals surface area contributed by atoms with E-state index in [4.69, 9.17) is 5.84 Å². The van der Waals surface area contributed by atoms with E-state index in [1.54, 1.807) is 0 Å². The monoisotopic (exact) mass is 255 g/mol. The van der Waals surface area contributed by atoms with Crippen LogP contribution in [0, 0.1) is 0 Å². The molecule has 5 nitrogen and oxygen atoms in total. The molecule has 1 aliphatic rings. The second-order valence-corrected chi connectivity index (χ2v) is 5.14. The highest BCUT2D eigenvalue weighted by Gasteiger charge is 2.27. The fraction of sp³-hybridized carbons (Fsp3) is 0.455. The third kappa shape index (κ3) is 2.84. The van der Waals surface area contributed by atoms with Crippen LogP contribution in [0.2, 0.25) is 0 Å². The molecule has 1 heterocycles. The third-order valence-corrected chi connectivity index (χ3v) is 3.98. The van der Waals surface area contributed by atoms with E-state index >= 15 is 0 Å². The molecule has 0 amide bonds. The van der Waals surface area contributed by atoms with Crippen molar-refractivity contribution in [2.45, 2.75) is 18.2 Å². The molecule has 1 saturated heterocycles. The topological polar surface area (TPSA) is 78.6 Å². The van der Waals surface area contributed by atoms with Gasteiger partial charge in [0.15, 0.2) is 11.1 Å². The molecule has 1 aromatic rings. The molecular weight excluding hydrogens is 238 g/mol. The number of rotatable bonds is 4. The van der Waals surface area contributed by atoms with Crippen LogP contribution in [-0.4, -0.2) is 26.8 Å². The van der Waals surface area contributed by atoms with Gasteiger partial charge in [-0.25, -0.2) is 4.21 Å². The van der Waals surface area contributed by atoms with E-state index in [-0.39, 0.29) is 0 Å². The fourth-order valence-electron chi connectivity index (χ4n) is 2.17. The first-order valence-corrected chi connectivity index (χ1v) is 6.79. The Kier molecular flexibility index (Phi) is 4.11. The van der Waals surface area contributed by atoms with Crippen molar-refractivity contribution in [2.75, 3.05) is 18.5 Å². The van der Waals surface area contributed by atoms with Gasteiger partial charge in [-0.3, -0.25) is 10.7 Å². The lowest BCUT2D eigenvalue weighted by atomic mass is 10.2. The third-order valence-electron chi connectivity index (χ3n) is 3.03. The molecule has 0 radical (unpaired) electrons. The second-order valence-electron chi connectivity index (χ2n) is 4.14. The maximum absolute atomic E-state index is 11.5. The standard InChI is InChI=1S/C11H17N3O2S/c12-13-10-5-3-9(4-6-10)11(17(15)16)14-7-1-2-8-14/h3-6,11,13H,1-2,7-8,12H2,(H,15,16). The minimum atomic E-state index is -1.88. The number of hydrazine groups is 1. The molecule has 2 atom stereocenters. The van der Waals surface area contributed by atoms with E-state index in [2.05, 4.69) is 10.3 Å². The second kappa shape index (κ2) is 5.59. The SMILES string of the molecule is NNc1ccc(C(N2CCCC2)S(=O)O)cc1. The zero-order valence-corrected chi connectivity index (χ0v) is 10.3. The Bertz CT molecular complexity index is 390. The van der Waals surface area contributed by atoms with Gasteiger partial charge >= 0.3 is 0 Å². The minimum Gasteiger partial charge on any atom is -0.324 e. The number of hydrogen-bond acceptors (Lipinski definition) is 4. The van der Waals surface area contributed by atoms with Crippen molar-refractivity contribution < 1.29 is 8.76 Å². The first kappa shape index (κ1) is 12.5. The number of nitrogens with zero attached hydrogens (tertiary/aromatic N) is 1. The molecule has 17 heavy (non-hydrogen) atoms. The molecule has 1 aliphatic heterocycles. The lowest BCUT2D eigenvalue weighted by Gasteiger charge is -2.24. The molecule has 0 saturated carbocycles. The average molecular weight is 255 g/mol. The van der Waals surface area contributed by atoms with Crippen LogP contribution in [0.1, 0.15) is 23.8 Å². The number of anilines is 1. The smallest absolute Gasteiger partial charge is 0.175 e. The summed E-state index contributed by atoms with van der Waals surface area (Å²) in [6.07, 6.45) is 2.19. The first-order valence-electron chi connectivity index (χ1n) is 5.62. The van der Waals surface area contributed by atoms with E-state index in [1.165, 1.54) is 0 Å². The van der Waals surface area contributed by atoms with Gasteiger partial charge in [-0.1, -0.05) is 12.1 Å². The van der Waals surface area contributed by atoms with Crippen molar-refractivity contribution in [1.29, 1.82) is 0 Å². The van der Waals surface area contributed by atoms with Crippen molar-refractivity contribution in [2.24, 2.45) is 5.84 Å². The maximum Gasteiger partial charge on any atom is 0.175 e. The van der Waals surface area contributed by atoms with Crippen LogP contribution >= 0.6 is 0 Å². The van der Waals surface area contributed by atoms with E-state index < -0.39 is 16.5 Å². The molecule has 2 rings (SSSR count). The van der Waals surface area contributed by atoms with Crippen molar-refractivity contribution in [1.82, 2.24) is 4.90 Å². The van der Waals surface area contributed by atoms with Crippen molar-refractivity contribution in [3.05, 3.63) is 29.8 Å². The summed E-state index contributed by atoms with van der Waals surface area (Å²) in [4.78, 5) is 2.06. The molecule has 94 valence electrons. The van der Waals surface area contributed by atoms with Gasteiger partial charge in [0.05, 0.1) is 0 Å². The van der Waals surface area contributed by atoms with E-state index in [9.17, 15) is 8.76 Å². The Morgan fingerprint density at radius 3 is 2.35 bits per heavy atom. The highest BCUT2D eigenvalue weighted by Crippen LogP contribution is 2.28. The lowest BCUT2D eigenvalue weighted by Crippen LogP contribution is -2.28.